The average molecular weight is 470 g/mol. The van der Waals surface area contributed by atoms with Crippen molar-refractivity contribution in [3.8, 4) is 0 Å². The molecule has 0 spiro atoms. The molecule has 6 heteroatoms. The van der Waals surface area contributed by atoms with E-state index in [1.807, 2.05) is 24.3 Å². The van der Waals surface area contributed by atoms with Gasteiger partial charge in [-0.3, -0.25) is 9.59 Å². The first-order chi connectivity index (χ1) is 13.7. The van der Waals surface area contributed by atoms with E-state index in [9.17, 15) is 9.59 Å². The maximum atomic E-state index is 10.8. The van der Waals surface area contributed by atoms with E-state index >= 15 is 0 Å². The van der Waals surface area contributed by atoms with Crippen LogP contribution >= 0.6 is 23.2 Å². The fraction of sp³-hybridized carbons (Fsp3) is 0.174. The summed E-state index contributed by atoms with van der Waals surface area (Å²) >= 11 is 13.3. The Labute approximate surface area is 187 Å². The van der Waals surface area contributed by atoms with Crippen LogP contribution in [-0.2, 0) is 15.0 Å². The van der Waals surface area contributed by atoms with E-state index in [0.717, 1.165) is 33.9 Å². The van der Waals surface area contributed by atoms with E-state index in [0.29, 0.717) is 11.4 Å². The van der Waals surface area contributed by atoms with Gasteiger partial charge in [-0.15, -0.1) is 0 Å². The van der Waals surface area contributed by atoms with Crippen LogP contribution in [0.2, 0.25) is 10.0 Å². The summed E-state index contributed by atoms with van der Waals surface area (Å²) in [4.78, 5) is 25.6. The second-order valence-corrected chi connectivity index (χ2v) is 8.52. The summed E-state index contributed by atoms with van der Waals surface area (Å²) in [7, 11) is 0. The van der Waals surface area contributed by atoms with Gasteiger partial charge in [0.15, 0.2) is 11.6 Å². The van der Waals surface area contributed by atoms with Gasteiger partial charge in [0.1, 0.15) is 11.4 Å². The number of rotatable bonds is 4. The Bertz CT molecular complexity index is 932. The number of carbonyl (C=O) groups is 2. The van der Waals surface area contributed by atoms with Crippen LogP contribution in [0.15, 0.2) is 54.6 Å². The zero-order valence-corrected chi connectivity index (χ0v) is 19.2. The third-order valence-electron chi connectivity index (χ3n) is 3.91. The van der Waals surface area contributed by atoms with Crippen LogP contribution in [-0.4, -0.2) is 16.6 Å². The quantitative estimate of drug-likeness (QED) is 0.393. The Balaban J connectivity index is 0.000000221. The number of Topliss-reactive ketones (excluding diaryl/α,β-unsaturated/α-hetero) is 2. The van der Waals surface area contributed by atoms with Gasteiger partial charge in [-0.05, 0) is 12.1 Å². The molecule has 0 saturated heterocycles. The first-order valence-electron chi connectivity index (χ1n) is 8.82. The number of hydrogen-bond acceptors (Lipinski definition) is 3. The van der Waals surface area contributed by atoms with Gasteiger partial charge in [0, 0.05) is 13.8 Å². The zero-order chi connectivity index (χ0) is 21.6. The monoisotopic (exact) mass is 469 g/mol. The van der Waals surface area contributed by atoms with Gasteiger partial charge in [0.05, 0.1) is 0 Å². The van der Waals surface area contributed by atoms with Crippen LogP contribution in [0.1, 0.15) is 46.0 Å². The Morgan fingerprint density at radius 3 is 1.45 bits per heavy atom. The summed E-state index contributed by atoms with van der Waals surface area (Å²) < 4.78 is 2.32. The summed E-state index contributed by atoms with van der Waals surface area (Å²) in [6, 6.07) is 16.8. The molecule has 0 fully saturated rings. The minimum atomic E-state index is -0.127. The molecule has 0 bridgehead atoms. The van der Waals surface area contributed by atoms with E-state index in [4.69, 9.17) is 23.2 Å². The second kappa shape index (κ2) is 10.7. The van der Waals surface area contributed by atoms with Crippen molar-refractivity contribution < 1.29 is 24.5 Å². The fourth-order valence-corrected chi connectivity index (χ4v) is 4.42. The third kappa shape index (κ3) is 6.52. The fourth-order valence-electron chi connectivity index (χ4n) is 2.35. The molecule has 0 radical (unpaired) electrons. The number of halogens is 2. The topological polar surface area (TPSA) is 47.0 Å². The average Bonchev–Trinajstić information content (AvgIpc) is 2.67. The molecule has 3 nitrogen and oxygen atoms in total. The number of pyridine rings is 1. The summed E-state index contributed by atoms with van der Waals surface area (Å²) in [6.07, 6.45) is 0. The van der Waals surface area contributed by atoms with Gasteiger partial charge in [0.2, 0.25) is 0 Å². The molecule has 0 amide bonds. The molecular weight excluding hydrogens is 449 g/mol. The van der Waals surface area contributed by atoms with Gasteiger partial charge in [-0.1, -0.05) is 6.07 Å². The summed E-state index contributed by atoms with van der Waals surface area (Å²) in [5.74, 6) is -0.254. The molecule has 1 heterocycles. The predicted octanol–water partition coefficient (Wildman–Crippen LogP) is 5.13. The first-order valence-corrected chi connectivity index (χ1v) is 10.7. The molecule has 0 saturated carbocycles. The molecule has 29 heavy (non-hydrogen) atoms. The molecule has 0 atom stereocenters. The van der Waals surface area contributed by atoms with E-state index in [2.05, 4.69) is 31.0 Å². The number of carbonyl (C=O) groups excluding carboxylic acids is 2. The Morgan fingerprint density at radius 1 is 0.724 bits per heavy atom. The predicted molar refractivity (Wildman–Crippen MR) is 116 cm³/mol. The van der Waals surface area contributed by atoms with E-state index in [1.54, 1.807) is 18.2 Å². The van der Waals surface area contributed by atoms with Gasteiger partial charge in [-0.2, -0.15) is 0 Å². The van der Waals surface area contributed by atoms with Gasteiger partial charge in [-0.25, -0.2) is 4.98 Å². The summed E-state index contributed by atoms with van der Waals surface area (Å²) in [6.45, 7) is 7.00. The normalized spacial score (nSPS) is 10.3. The number of aromatic nitrogens is 1. The van der Waals surface area contributed by atoms with Crippen molar-refractivity contribution >= 4 is 43.7 Å². The Hall–Kier alpha value is -1.97. The number of aryl methyl sites for hydroxylation is 2. The van der Waals surface area contributed by atoms with Crippen molar-refractivity contribution in [1.82, 2.24) is 4.98 Å². The third-order valence-corrected chi connectivity index (χ3v) is 6.85. The molecule has 2 aromatic carbocycles. The van der Waals surface area contributed by atoms with Crippen molar-refractivity contribution in [3.63, 3.8) is 0 Å². The van der Waals surface area contributed by atoms with Gasteiger partial charge < -0.3 is 0 Å². The molecule has 0 aliphatic carbocycles. The van der Waals surface area contributed by atoms with Crippen LogP contribution in [0.3, 0.4) is 0 Å². The Morgan fingerprint density at radius 2 is 1.10 bits per heavy atom. The van der Waals surface area contributed by atoms with Crippen molar-refractivity contribution in [1.29, 1.82) is 0 Å². The Kier molecular flexibility index (Phi) is 8.60. The van der Waals surface area contributed by atoms with Crippen molar-refractivity contribution in [2.24, 2.45) is 0 Å². The summed E-state index contributed by atoms with van der Waals surface area (Å²) in [5.41, 5.74) is 3.08. The molecule has 3 rings (SSSR count). The summed E-state index contributed by atoms with van der Waals surface area (Å²) in [5, 5.41) is 1.62. The molecule has 152 valence electrons. The molecular formula is C23H21Cl2FeNO2. The van der Waals surface area contributed by atoms with Crippen LogP contribution < -0.4 is 8.92 Å². The standard InChI is InChI=1S/C9H9NO2.2C7H6Cl.Fe/c1-6(11)8-4-3-5-9(10-8)7(2)12;2*1-6-3-2-4-7(8)5-6;/h3-5H,1-2H3;2*2-4H,1H3;. The number of benzene rings is 2. The SMILES string of the molecule is CC(=O)c1cccc(C(C)=O)n1.Cc1cccc(Cl)[c]1[Fe][c]1c(C)cccc1Cl. The van der Waals surface area contributed by atoms with Crippen LogP contribution in [0, 0.1) is 13.8 Å². The molecule has 3 aromatic rings. The van der Waals surface area contributed by atoms with Crippen LogP contribution in [0.25, 0.3) is 0 Å². The van der Waals surface area contributed by atoms with E-state index < -0.39 is 0 Å². The second-order valence-electron chi connectivity index (χ2n) is 6.33. The minimum absolute atomic E-state index is 0.127. The van der Waals surface area contributed by atoms with E-state index in [1.165, 1.54) is 25.0 Å². The van der Waals surface area contributed by atoms with Crippen LogP contribution in [0.4, 0.5) is 0 Å². The molecule has 1 aromatic heterocycles. The first kappa shape index (κ1) is 23.3. The number of nitrogens with zero attached hydrogens (tertiary/aromatic N) is 1. The molecule has 0 N–H and O–H groups in total. The van der Waals surface area contributed by atoms with Gasteiger partial charge >= 0.3 is 119 Å². The number of ketones is 2. The molecule has 0 aliphatic rings. The molecule has 0 aliphatic heterocycles. The van der Waals surface area contributed by atoms with Crippen molar-refractivity contribution in [2.75, 3.05) is 0 Å². The van der Waals surface area contributed by atoms with Crippen molar-refractivity contribution in [3.05, 3.63) is 87.2 Å². The molecule has 0 unspecified atom stereocenters. The number of hydrogen-bond donors (Lipinski definition) is 0. The maximum absolute atomic E-state index is 10.8. The van der Waals surface area contributed by atoms with Gasteiger partial charge in [0.25, 0.3) is 0 Å². The van der Waals surface area contributed by atoms with Crippen LogP contribution in [0.5, 0.6) is 0 Å². The van der Waals surface area contributed by atoms with E-state index in [-0.39, 0.29) is 11.6 Å². The zero-order valence-electron chi connectivity index (χ0n) is 16.6. The van der Waals surface area contributed by atoms with Crippen molar-refractivity contribution in [2.45, 2.75) is 27.7 Å².